The molecule has 5 rings (SSSR count). The Labute approximate surface area is 153 Å². The molecule has 142 valence electrons. The van der Waals surface area contributed by atoms with E-state index in [0.717, 1.165) is 38.8 Å². The second-order valence-electron chi connectivity index (χ2n) is 8.36. The topological polar surface area (TPSA) is 83.7 Å². The minimum atomic E-state index is -0.258. The number of amides is 1. The van der Waals surface area contributed by atoms with Gasteiger partial charge in [-0.15, -0.1) is 0 Å². The zero-order valence-corrected chi connectivity index (χ0v) is 15.3. The number of likely N-dealkylation sites (tertiary alicyclic amines) is 1. The van der Waals surface area contributed by atoms with E-state index in [9.17, 15) is 4.79 Å². The second-order valence-corrected chi connectivity index (χ2v) is 8.36. The molecule has 1 amide bonds. The van der Waals surface area contributed by atoms with Gasteiger partial charge in [0, 0.05) is 44.1 Å². The fraction of sp³-hybridized carbons (Fsp3) is 0.833. The van der Waals surface area contributed by atoms with Crippen molar-refractivity contribution in [2.75, 3.05) is 24.5 Å². The summed E-state index contributed by atoms with van der Waals surface area (Å²) in [6.07, 6.45) is 7.62. The Kier molecular flexibility index (Phi) is 3.84. The molecule has 2 unspecified atom stereocenters. The van der Waals surface area contributed by atoms with Crippen molar-refractivity contribution in [3.05, 3.63) is 5.82 Å². The van der Waals surface area contributed by atoms with Gasteiger partial charge in [0.25, 0.3) is 0 Å². The molecule has 8 heteroatoms. The Morgan fingerprint density at radius 1 is 1.15 bits per heavy atom. The lowest BCUT2D eigenvalue weighted by Crippen LogP contribution is -2.59. The summed E-state index contributed by atoms with van der Waals surface area (Å²) in [5, 5.41) is 6.81. The summed E-state index contributed by atoms with van der Waals surface area (Å²) in [5.74, 6) is 0.709. The molecule has 1 spiro atoms. The Morgan fingerprint density at radius 3 is 2.46 bits per heavy atom. The molecule has 2 bridgehead atoms. The molecule has 8 nitrogen and oxygen atoms in total. The van der Waals surface area contributed by atoms with Gasteiger partial charge in [0.15, 0.2) is 5.82 Å². The third-order valence-electron chi connectivity index (χ3n) is 6.78. The van der Waals surface area contributed by atoms with E-state index >= 15 is 0 Å². The van der Waals surface area contributed by atoms with Gasteiger partial charge in [-0.05, 0) is 39.0 Å². The number of carbonyl (C=O) groups excluding carboxylic acids is 1. The average Bonchev–Trinajstić information content (AvgIpc) is 3.20. The summed E-state index contributed by atoms with van der Waals surface area (Å²) < 4.78 is 11.1. The number of aromatic nitrogens is 2. The number of nitrogens with zero attached hydrogens (tertiary/aromatic N) is 4. The van der Waals surface area contributed by atoms with Crippen LogP contribution in [0.5, 0.6) is 0 Å². The van der Waals surface area contributed by atoms with Crippen LogP contribution < -0.4 is 10.2 Å². The summed E-state index contributed by atoms with van der Waals surface area (Å²) in [5.41, 5.74) is -0.258. The number of anilines is 1. The first kappa shape index (κ1) is 16.4. The molecule has 1 aromatic rings. The molecule has 4 aliphatic heterocycles. The standard InChI is InChI=1S/C18H27N5O3/c1-12-20-16(26-21-12)23-13-3-2-4-14(23)10-15(9-13)22-7-5-18(6-8-22)11-19-17(24)25-18/h13-15H,2-11H2,1H3,(H,19,24). The monoisotopic (exact) mass is 361 g/mol. The largest absolute Gasteiger partial charge is 0.441 e. The fourth-order valence-electron chi connectivity index (χ4n) is 5.43. The highest BCUT2D eigenvalue weighted by Crippen LogP contribution is 2.40. The fourth-order valence-corrected chi connectivity index (χ4v) is 5.43. The molecule has 0 radical (unpaired) electrons. The molecule has 5 heterocycles. The normalized spacial score (nSPS) is 34.0. The summed E-state index contributed by atoms with van der Waals surface area (Å²) in [6.45, 7) is 4.57. The smallest absolute Gasteiger partial charge is 0.407 e. The van der Waals surface area contributed by atoms with Crippen LogP contribution in [-0.2, 0) is 4.74 Å². The Morgan fingerprint density at radius 2 is 1.88 bits per heavy atom. The first-order valence-corrected chi connectivity index (χ1v) is 9.91. The average molecular weight is 361 g/mol. The SMILES string of the molecule is Cc1noc(N2C3CCCC2CC(N2CCC4(CC2)CNC(=O)O4)C3)n1. The number of carbonyl (C=O) groups is 1. The molecule has 1 aromatic heterocycles. The highest BCUT2D eigenvalue weighted by atomic mass is 16.6. The van der Waals surface area contributed by atoms with Crippen LogP contribution in [0.3, 0.4) is 0 Å². The van der Waals surface area contributed by atoms with Crippen molar-refractivity contribution in [2.24, 2.45) is 0 Å². The van der Waals surface area contributed by atoms with Crippen LogP contribution in [0.15, 0.2) is 4.52 Å². The summed E-state index contributed by atoms with van der Waals surface area (Å²) in [4.78, 5) is 20.9. The first-order chi connectivity index (χ1) is 12.6. The molecule has 2 atom stereocenters. The van der Waals surface area contributed by atoms with Crippen molar-refractivity contribution < 1.29 is 14.1 Å². The quantitative estimate of drug-likeness (QED) is 0.860. The molecule has 4 aliphatic rings. The van der Waals surface area contributed by atoms with Crippen molar-refractivity contribution in [3.63, 3.8) is 0 Å². The first-order valence-electron chi connectivity index (χ1n) is 9.91. The van der Waals surface area contributed by atoms with Gasteiger partial charge in [0.05, 0.1) is 6.54 Å². The molecule has 4 fully saturated rings. The number of alkyl carbamates (subject to hydrolysis) is 1. The van der Waals surface area contributed by atoms with Crippen LogP contribution in [0.1, 0.15) is 50.8 Å². The number of nitrogens with one attached hydrogen (secondary N) is 1. The van der Waals surface area contributed by atoms with E-state index in [4.69, 9.17) is 9.26 Å². The van der Waals surface area contributed by atoms with Crippen LogP contribution in [-0.4, -0.2) is 64.5 Å². The number of hydrogen-bond donors (Lipinski definition) is 1. The zero-order valence-electron chi connectivity index (χ0n) is 15.3. The van der Waals surface area contributed by atoms with Crippen molar-refractivity contribution in [1.29, 1.82) is 0 Å². The van der Waals surface area contributed by atoms with E-state index in [1.807, 2.05) is 6.92 Å². The maximum Gasteiger partial charge on any atom is 0.407 e. The molecule has 1 N–H and O–H groups in total. The number of fused-ring (bicyclic) bond motifs is 2. The van der Waals surface area contributed by atoms with Gasteiger partial charge in [-0.25, -0.2) is 4.79 Å². The van der Waals surface area contributed by atoms with E-state index < -0.39 is 0 Å². The van der Waals surface area contributed by atoms with Crippen LogP contribution in [0.2, 0.25) is 0 Å². The molecule has 0 aromatic carbocycles. The molecule has 26 heavy (non-hydrogen) atoms. The van der Waals surface area contributed by atoms with Gasteiger partial charge >= 0.3 is 12.1 Å². The van der Waals surface area contributed by atoms with Crippen molar-refractivity contribution >= 4 is 12.1 Å². The van der Waals surface area contributed by atoms with Gasteiger partial charge in [0.1, 0.15) is 5.60 Å². The van der Waals surface area contributed by atoms with Crippen LogP contribution >= 0.6 is 0 Å². The maximum absolute atomic E-state index is 11.4. The van der Waals surface area contributed by atoms with E-state index in [0.29, 0.717) is 36.5 Å². The highest BCUT2D eigenvalue weighted by Gasteiger charge is 2.47. The van der Waals surface area contributed by atoms with Gasteiger partial charge in [0.2, 0.25) is 0 Å². The van der Waals surface area contributed by atoms with Gasteiger partial charge in [-0.1, -0.05) is 5.16 Å². The number of hydrogen-bond acceptors (Lipinski definition) is 7. The van der Waals surface area contributed by atoms with Crippen molar-refractivity contribution in [2.45, 2.75) is 75.6 Å². The third kappa shape index (κ3) is 2.74. The Bertz CT molecular complexity index is 670. The number of rotatable bonds is 2. The molecular weight excluding hydrogens is 334 g/mol. The number of piperidine rings is 3. The van der Waals surface area contributed by atoms with Gasteiger partial charge in [-0.2, -0.15) is 4.98 Å². The zero-order chi connectivity index (χ0) is 17.7. The summed E-state index contributed by atoms with van der Waals surface area (Å²) in [6, 6.07) is 2.30. The number of aryl methyl sites for hydroxylation is 1. The van der Waals surface area contributed by atoms with Gasteiger partial charge < -0.3 is 19.5 Å². The molecule has 4 saturated heterocycles. The van der Waals surface area contributed by atoms with E-state index in [1.54, 1.807) is 0 Å². The lowest BCUT2D eigenvalue weighted by atomic mass is 9.80. The van der Waals surface area contributed by atoms with Crippen LogP contribution in [0.4, 0.5) is 10.8 Å². The number of ether oxygens (including phenoxy) is 1. The highest BCUT2D eigenvalue weighted by molar-refractivity contribution is 5.70. The molecule has 0 aliphatic carbocycles. The second kappa shape index (κ2) is 6.11. The maximum atomic E-state index is 11.4. The van der Waals surface area contributed by atoms with Crippen molar-refractivity contribution in [1.82, 2.24) is 20.4 Å². The lowest BCUT2D eigenvalue weighted by Gasteiger charge is -2.51. The van der Waals surface area contributed by atoms with E-state index in [2.05, 4.69) is 25.3 Å². The molecule has 0 saturated carbocycles. The van der Waals surface area contributed by atoms with Crippen molar-refractivity contribution in [3.8, 4) is 0 Å². The van der Waals surface area contributed by atoms with E-state index in [1.165, 1.54) is 19.3 Å². The van der Waals surface area contributed by atoms with Gasteiger partial charge in [-0.3, -0.25) is 4.90 Å². The van der Waals surface area contributed by atoms with E-state index in [-0.39, 0.29) is 11.7 Å². The van der Waals surface area contributed by atoms with Crippen LogP contribution in [0, 0.1) is 6.92 Å². The predicted molar refractivity (Wildman–Crippen MR) is 94.0 cm³/mol. The molecular formula is C18H27N5O3. The minimum Gasteiger partial charge on any atom is -0.441 e. The Hall–Kier alpha value is -1.83. The van der Waals surface area contributed by atoms with Crippen LogP contribution in [0.25, 0.3) is 0 Å². The summed E-state index contributed by atoms with van der Waals surface area (Å²) >= 11 is 0. The summed E-state index contributed by atoms with van der Waals surface area (Å²) in [7, 11) is 0. The lowest BCUT2D eigenvalue weighted by molar-refractivity contribution is -0.0178. The predicted octanol–water partition coefficient (Wildman–Crippen LogP) is 1.84. The Balaban J connectivity index is 1.26. The minimum absolute atomic E-state index is 0.254. The third-order valence-corrected chi connectivity index (χ3v) is 6.78.